The van der Waals surface area contributed by atoms with E-state index in [-0.39, 0.29) is 36.3 Å². The van der Waals surface area contributed by atoms with Gasteiger partial charge in [-0.05, 0) is 55.9 Å². The Kier molecular flexibility index (Phi) is 9.41. The van der Waals surface area contributed by atoms with Gasteiger partial charge in [-0.15, -0.1) is 0 Å². The van der Waals surface area contributed by atoms with E-state index in [2.05, 4.69) is 30.3 Å². The van der Waals surface area contributed by atoms with Crippen molar-refractivity contribution in [3.63, 3.8) is 0 Å². The Morgan fingerprint density at radius 2 is 1.70 bits per heavy atom. The summed E-state index contributed by atoms with van der Waals surface area (Å²) in [7, 11) is 1.84. The Bertz CT molecular complexity index is 2190. The van der Waals surface area contributed by atoms with E-state index < -0.39 is 29.7 Å². The SMILES string of the molecule is CC(=O)c1ncc(N2CCC[C@@H](N3CCN(C)C3=O)C2)cc1Nc1cc2n(n1)CCN(C[C@H]1CCN(c3ccc4c(c3)C(=O)N([C@@H]3CCC(=O)NC3=O)C4=O)C1)C2. The highest BCUT2D eigenvalue weighted by molar-refractivity contribution is 6.23. The summed E-state index contributed by atoms with van der Waals surface area (Å²) >= 11 is 0. The number of urea groups is 1. The monoisotopic (exact) mass is 777 g/mol. The van der Waals surface area contributed by atoms with Crippen LogP contribution in [0.5, 0.6) is 0 Å². The topological polar surface area (TPSA) is 177 Å². The molecule has 0 aliphatic carbocycles. The highest BCUT2D eigenvalue weighted by atomic mass is 16.2. The minimum Gasteiger partial charge on any atom is -0.371 e. The molecule has 3 atom stereocenters. The van der Waals surface area contributed by atoms with Crippen LogP contribution in [0.25, 0.3) is 0 Å². The number of benzene rings is 1. The van der Waals surface area contributed by atoms with Gasteiger partial charge in [-0.2, -0.15) is 5.10 Å². The number of ketones is 1. The van der Waals surface area contributed by atoms with Crippen LogP contribution in [0.3, 0.4) is 0 Å². The summed E-state index contributed by atoms with van der Waals surface area (Å²) < 4.78 is 2.02. The maximum absolute atomic E-state index is 13.4. The zero-order chi connectivity index (χ0) is 39.5. The molecule has 9 rings (SSSR count). The van der Waals surface area contributed by atoms with Crippen molar-refractivity contribution in [1.29, 1.82) is 0 Å². The van der Waals surface area contributed by atoms with Gasteiger partial charge in [0.25, 0.3) is 11.8 Å². The number of nitrogens with one attached hydrogen (secondary N) is 2. The normalized spacial score (nSPS) is 24.1. The van der Waals surface area contributed by atoms with Gasteiger partial charge in [0.1, 0.15) is 11.7 Å². The molecule has 0 spiro atoms. The summed E-state index contributed by atoms with van der Waals surface area (Å²) in [5, 5.41) is 10.5. The number of hydrogen-bond acceptors (Lipinski definition) is 12. The number of rotatable bonds is 9. The molecule has 0 bridgehead atoms. The molecule has 0 radical (unpaired) electrons. The second-order valence-electron chi connectivity index (χ2n) is 16.2. The summed E-state index contributed by atoms with van der Waals surface area (Å²) in [6.45, 7) is 9.39. The van der Waals surface area contributed by atoms with Crippen molar-refractivity contribution in [3.05, 3.63) is 59.0 Å². The maximum atomic E-state index is 13.4. The summed E-state index contributed by atoms with van der Waals surface area (Å²) in [5.74, 6) is -1.10. The van der Waals surface area contributed by atoms with Crippen LogP contribution < -0.4 is 20.4 Å². The number of piperidine rings is 2. The summed E-state index contributed by atoms with van der Waals surface area (Å²) in [6.07, 6.45) is 4.87. The quantitative estimate of drug-likeness (QED) is 0.240. The molecule has 298 valence electrons. The van der Waals surface area contributed by atoms with Crippen LogP contribution in [0.4, 0.5) is 27.7 Å². The van der Waals surface area contributed by atoms with Gasteiger partial charge < -0.3 is 24.9 Å². The van der Waals surface area contributed by atoms with E-state index in [4.69, 9.17) is 5.10 Å². The number of carbonyl (C=O) groups excluding carboxylic acids is 6. The molecule has 57 heavy (non-hydrogen) atoms. The van der Waals surface area contributed by atoms with Crippen LogP contribution in [0.2, 0.25) is 0 Å². The van der Waals surface area contributed by atoms with E-state index in [9.17, 15) is 28.8 Å². The molecule has 1 aromatic carbocycles. The lowest BCUT2D eigenvalue weighted by molar-refractivity contribution is -0.136. The number of amides is 6. The van der Waals surface area contributed by atoms with Gasteiger partial charge in [-0.3, -0.25) is 43.8 Å². The van der Waals surface area contributed by atoms with Gasteiger partial charge in [0.05, 0.1) is 47.0 Å². The lowest BCUT2D eigenvalue weighted by Crippen LogP contribution is -2.54. The molecule has 6 aliphatic rings. The lowest BCUT2D eigenvalue weighted by Gasteiger charge is -2.38. The van der Waals surface area contributed by atoms with Gasteiger partial charge in [0.2, 0.25) is 11.8 Å². The van der Waals surface area contributed by atoms with E-state index in [0.29, 0.717) is 35.2 Å². The Morgan fingerprint density at radius 1 is 0.877 bits per heavy atom. The first-order chi connectivity index (χ1) is 27.5. The number of hydrogen-bond donors (Lipinski definition) is 2. The molecule has 17 heteroatoms. The van der Waals surface area contributed by atoms with E-state index in [1.165, 1.54) is 6.92 Å². The van der Waals surface area contributed by atoms with Crippen LogP contribution in [0.15, 0.2) is 36.5 Å². The van der Waals surface area contributed by atoms with Gasteiger partial charge >= 0.3 is 6.03 Å². The van der Waals surface area contributed by atoms with Crippen molar-refractivity contribution in [2.45, 2.75) is 64.2 Å². The molecule has 2 aromatic heterocycles. The molecule has 4 saturated heterocycles. The molecule has 0 unspecified atom stereocenters. The number of imide groups is 2. The third kappa shape index (κ3) is 6.87. The molecule has 0 saturated carbocycles. The van der Waals surface area contributed by atoms with Gasteiger partial charge in [0.15, 0.2) is 11.6 Å². The van der Waals surface area contributed by atoms with Crippen LogP contribution in [-0.4, -0.2) is 141 Å². The minimum absolute atomic E-state index is 0.0814. The summed E-state index contributed by atoms with van der Waals surface area (Å²) in [5.41, 5.74) is 4.39. The second kappa shape index (κ2) is 14.6. The molecule has 17 nitrogen and oxygen atoms in total. The van der Waals surface area contributed by atoms with Crippen molar-refractivity contribution in [1.82, 2.24) is 39.7 Å². The zero-order valence-corrected chi connectivity index (χ0v) is 32.3. The van der Waals surface area contributed by atoms with Crippen molar-refractivity contribution in [2.75, 3.05) is 74.5 Å². The molecule has 2 N–H and O–H groups in total. The van der Waals surface area contributed by atoms with Gasteiger partial charge in [0, 0.05) is 91.0 Å². The lowest BCUT2D eigenvalue weighted by atomic mass is 10.0. The van der Waals surface area contributed by atoms with E-state index in [1.807, 2.05) is 34.8 Å². The number of aromatic nitrogens is 3. The largest absolute Gasteiger partial charge is 0.371 e. The first-order valence-corrected chi connectivity index (χ1v) is 19.9. The van der Waals surface area contributed by atoms with E-state index in [1.54, 1.807) is 23.2 Å². The van der Waals surface area contributed by atoms with E-state index in [0.717, 1.165) is 100 Å². The van der Waals surface area contributed by atoms with Crippen molar-refractivity contribution < 1.29 is 28.8 Å². The zero-order valence-electron chi connectivity index (χ0n) is 32.3. The first-order valence-electron chi connectivity index (χ1n) is 19.9. The van der Waals surface area contributed by atoms with Crippen LogP contribution in [0, 0.1) is 5.92 Å². The summed E-state index contributed by atoms with van der Waals surface area (Å²) in [4.78, 5) is 92.4. The average Bonchev–Trinajstić information content (AvgIpc) is 3.97. The highest BCUT2D eigenvalue weighted by Crippen LogP contribution is 2.34. The maximum Gasteiger partial charge on any atom is 0.320 e. The number of nitrogens with zero attached hydrogens (tertiary/aromatic N) is 9. The van der Waals surface area contributed by atoms with Gasteiger partial charge in [-0.25, -0.2) is 9.78 Å². The molecule has 8 heterocycles. The number of Topliss-reactive ketones (excluding diaryl/α,β-unsaturated/α-hetero) is 1. The fourth-order valence-corrected chi connectivity index (χ4v) is 9.37. The molecule has 4 fully saturated rings. The molecule has 3 aromatic rings. The Morgan fingerprint density at radius 3 is 2.49 bits per heavy atom. The van der Waals surface area contributed by atoms with Crippen LogP contribution in [0.1, 0.15) is 75.9 Å². The molecule has 6 amide bonds. The Balaban J connectivity index is 0.827. The van der Waals surface area contributed by atoms with Gasteiger partial charge in [-0.1, -0.05) is 0 Å². The van der Waals surface area contributed by atoms with Crippen LogP contribution >= 0.6 is 0 Å². The van der Waals surface area contributed by atoms with Crippen molar-refractivity contribution in [2.24, 2.45) is 5.92 Å². The number of likely N-dealkylation sites (N-methyl/N-ethyl adjacent to an activating group) is 1. The fourth-order valence-electron chi connectivity index (χ4n) is 9.37. The van der Waals surface area contributed by atoms with E-state index >= 15 is 0 Å². The summed E-state index contributed by atoms with van der Waals surface area (Å²) in [6, 6.07) is 8.55. The average molecular weight is 778 g/mol. The smallest absolute Gasteiger partial charge is 0.320 e. The predicted molar refractivity (Wildman–Crippen MR) is 208 cm³/mol. The standard InChI is InChI=1S/C40H47N11O6/c1-24(52)36-32(17-28(19-41-36)47-10-3-4-27(23-47)49-14-12-45(2)40(49)57)42-34-18-29-22-46(13-15-50(29)44-34)20-25-9-11-48(21-25)26-5-6-30-31(16-26)39(56)51(38(30)55)33-7-8-35(53)43-37(33)54/h5-6,16-19,25,27,33H,3-4,7-15,20-23H2,1-2H3,(H,42,44)(H,43,53,54)/t25-,27-,33-/m1/s1. The van der Waals surface area contributed by atoms with Crippen molar-refractivity contribution in [3.8, 4) is 0 Å². The van der Waals surface area contributed by atoms with Crippen molar-refractivity contribution >= 4 is 58.3 Å². The number of anilines is 4. The fraction of sp³-hybridized carbons (Fsp3) is 0.500. The molecule has 6 aliphatic heterocycles. The number of fused-ring (bicyclic) bond motifs is 2. The third-order valence-corrected chi connectivity index (χ3v) is 12.4. The minimum atomic E-state index is -0.987. The Labute approximate surface area is 329 Å². The Hall–Kier alpha value is -5.84. The second-order valence-corrected chi connectivity index (χ2v) is 16.2. The molecular weight excluding hydrogens is 731 g/mol. The van der Waals surface area contributed by atoms with Crippen LogP contribution in [-0.2, 0) is 22.7 Å². The number of carbonyl (C=O) groups is 6. The third-order valence-electron chi connectivity index (χ3n) is 12.4. The highest BCUT2D eigenvalue weighted by Gasteiger charge is 2.45. The number of pyridine rings is 1. The first kappa shape index (κ1) is 36.8. The predicted octanol–water partition coefficient (Wildman–Crippen LogP) is 2.30. The molecular formula is C40H47N11O6.